The smallest absolute Gasteiger partial charge is 0.0955 e. The van der Waals surface area contributed by atoms with Crippen molar-refractivity contribution in [3.63, 3.8) is 0 Å². The van der Waals surface area contributed by atoms with Gasteiger partial charge in [0.25, 0.3) is 0 Å². The highest BCUT2D eigenvalue weighted by molar-refractivity contribution is 5.51. The molecule has 0 aliphatic rings. The van der Waals surface area contributed by atoms with Crippen LogP contribution in [0.5, 0.6) is 0 Å². The van der Waals surface area contributed by atoms with E-state index in [0.29, 0.717) is 0 Å². The van der Waals surface area contributed by atoms with Crippen LogP contribution in [0.3, 0.4) is 0 Å². The Kier molecular flexibility index (Phi) is 1.94. The lowest BCUT2D eigenvalue weighted by Crippen LogP contribution is -2.28. The van der Waals surface area contributed by atoms with Gasteiger partial charge in [0.1, 0.15) is 0 Å². The van der Waals surface area contributed by atoms with Gasteiger partial charge in [-0.25, -0.2) is 4.98 Å². The van der Waals surface area contributed by atoms with E-state index >= 15 is 0 Å². The van der Waals surface area contributed by atoms with Crippen LogP contribution in [0.2, 0.25) is 0 Å². The van der Waals surface area contributed by atoms with Gasteiger partial charge in [-0.3, -0.25) is 0 Å². The summed E-state index contributed by atoms with van der Waals surface area (Å²) in [7, 11) is 1.93. The van der Waals surface area contributed by atoms with Crippen LogP contribution in [0.15, 0.2) is 19.0 Å². The zero-order valence-corrected chi connectivity index (χ0v) is 6.96. The predicted molar refractivity (Wildman–Crippen MR) is 47.3 cm³/mol. The zero-order chi connectivity index (χ0) is 8.43. The minimum Gasteiger partial charge on any atom is -0.334 e. The van der Waals surface area contributed by atoms with Crippen molar-refractivity contribution in [3.05, 3.63) is 29.7 Å². The van der Waals surface area contributed by atoms with Gasteiger partial charge >= 0.3 is 0 Å². The number of rotatable bonds is 1. The molecule has 0 radical (unpaired) electrons. The summed E-state index contributed by atoms with van der Waals surface area (Å²) < 4.78 is 1.89. The molecule has 1 aromatic rings. The average molecular weight is 148 g/mol. The van der Waals surface area contributed by atoms with E-state index in [9.17, 15) is 0 Å². The normalized spacial score (nSPS) is 12.9. The molecule has 11 heavy (non-hydrogen) atoms. The van der Waals surface area contributed by atoms with E-state index in [4.69, 9.17) is 0 Å². The molecule has 0 bridgehead atoms. The fourth-order valence-corrected chi connectivity index (χ4v) is 0.882. The molecule has 58 valence electrons. The number of imidazole rings is 1. The Labute approximate surface area is 66.2 Å². The molecule has 1 rings (SSSR count). The van der Waals surface area contributed by atoms with Crippen molar-refractivity contribution in [2.24, 2.45) is 7.05 Å². The van der Waals surface area contributed by atoms with E-state index < -0.39 is 0 Å². The molecule has 0 aromatic carbocycles. The van der Waals surface area contributed by atoms with Gasteiger partial charge in [-0.2, -0.15) is 0 Å². The van der Waals surface area contributed by atoms with E-state index in [2.05, 4.69) is 18.1 Å². The number of hydrogen-bond acceptors (Lipinski definition) is 1. The molecule has 0 aliphatic carbocycles. The topological polar surface area (TPSA) is 17.8 Å². The van der Waals surface area contributed by atoms with Gasteiger partial charge in [0, 0.05) is 7.05 Å². The van der Waals surface area contributed by atoms with Gasteiger partial charge in [-0.15, -0.1) is 0 Å². The summed E-state index contributed by atoms with van der Waals surface area (Å²) in [5.74, 6) is 0. The third-order valence-electron chi connectivity index (χ3n) is 1.74. The van der Waals surface area contributed by atoms with Crippen molar-refractivity contribution >= 4 is 12.2 Å². The Morgan fingerprint density at radius 3 is 2.73 bits per heavy atom. The highest BCUT2D eigenvalue weighted by Crippen LogP contribution is 1.85. The van der Waals surface area contributed by atoms with Crippen molar-refractivity contribution in [2.75, 3.05) is 0 Å². The second-order valence-electron chi connectivity index (χ2n) is 2.54. The monoisotopic (exact) mass is 148 g/mol. The first-order valence-electron chi connectivity index (χ1n) is 3.46. The molecule has 0 fully saturated rings. The maximum atomic E-state index is 4.18. The second-order valence-corrected chi connectivity index (χ2v) is 2.54. The summed E-state index contributed by atoms with van der Waals surface area (Å²) in [5.41, 5.74) is 1.07. The molecular weight excluding hydrogens is 136 g/mol. The molecule has 2 nitrogen and oxygen atoms in total. The lowest BCUT2D eigenvalue weighted by molar-refractivity contribution is 0.883. The fourth-order valence-electron chi connectivity index (χ4n) is 0.882. The number of hydrogen-bond donors (Lipinski definition) is 0. The van der Waals surface area contributed by atoms with Crippen molar-refractivity contribution in [2.45, 2.75) is 6.92 Å². The van der Waals surface area contributed by atoms with Gasteiger partial charge in [-0.05, 0) is 12.5 Å². The third-order valence-corrected chi connectivity index (χ3v) is 1.74. The van der Waals surface area contributed by atoms with Crippen LogP contribution in [0.1, 0.15) is 6.92 Å². The zero-order valence-electron chi connectivity index (χ0n) is 6.96. The molecule has 0 saturated carbocycles. The van der Waals surface area contributed by atoms with Crippen LogP contribution in [0, 0.1) is 0 Å². The largest absolute Gasteiger partial charge is 0.334 e. The van der Waals surface area contributed by atoms with Crippen molar-refractivity contribution in [1.82, 2.24) is 9.55 Å². The highest BCUT2D eigenvalue weighted by atomic mass is 15.0. The van der Waals surface area contributed by atoms with Crippen molar-refractivity contribution in [3.8, 4) is 0 Å². The SMILES string of the molecule is C=C/C(C)=c1/ncn(C)c1=C. The Morgan fingerprint density at radius 2 is 2.36 bits per heavy atom. The minimum atomic E-state index is 0.933. The highest BCUT2D eigenvalue weighted by Gasteiger charge is 1.91. The summed E-state index contributed by atoms with van der Waals surface area (Å²) >= 11 is 0. The lowest BCUT2D eigenvalue weighted by atomic mass is 10.3. The van der Waals surface area contributed by atoms with Gasteiger partial charge in [-0.1, -0.05) is 19.2 Å². The Hall–Kier alpha value is -1.31. The summed E-state index contributed by atoms with van der Waals surface area (Å²) in [4.78, 5) is 4.18. The molecule has 0 atom stereocenters. The molecule has 1 aromatic heterocycles. The molecule has 2 heteroatoms. The number of allylic oxidation sites excluding steroid dienone is 1. The van der Waals surface area contributed by atoms with E-state index in [0.717, 1.165) is 16.3 Å². The predicted octanol–water partition coefficient (Wildman–Crippen LogP) is 0.187. The van der Waals surface area contributed by atoms with Gasteiger partial charge in [0.2, 0.25) is 0 Å². The third kappa shape index (κ3) is 1.24. The maximum absolute atomic E-state index is 4.18. The summed E-state index contributed by atoms with van der Waals surface area (Å²) in [5, 5.41) is 1.87. The Morgan fingerprint density at radius 1 is 1.73 bits per heavy atom. The molecule has 0 aliphatic heterocycles. The summed E-state index contributed by atoms with van der Waals surface area (Å²) in [6.07, 6.45) is 3.54. The van der Waals surface area contributed by atoms with Crippen LogP contribution >= 0.6 is 0 Å². The Bertz CT molecular complexity index is 371. The molecule has 0 amide bonds. The van der Waals surface area contributed by atoms with Gasteiger partial charge < -0.3 is 4.57 Å². The van der Waals surface area contributed by atoms with E-state index in [1.807, 2.05) is 18.5 Å². The van der Waals surface area contributed by atoms with Crippen LogP contribution in [-0.4, -0.2) is 9.55 Å². The summed E-state index contributed by atoms with van der Waals surface area (Å²) in [6.45, 7) is 9.53. The summed E-state index contributed by atoms with van der Waals surface area (Å²) in [6, 6.07) is 0. The molecule has 1 heterocycles. The van der Waals surface area contributed by atoms with Crippen molar-refractivity contribution < 1.29 is 0 Å². The first-order chi connectivity index (χ1) is 5.16. The molecular formula is C9H12N2. The van der Waals surface area contributed by atoms with E-state index in [1.165, 1.54) is 0 Å². The maximum Gasteiger partial charge on any atom is 0.0955 e. The first kappa shape index (κ1) is 7.79. The quantitative estimate of drug-likeness (QED) is 0.556. The van der Waals surface area contributed by atoms with Crippen LogP contribution in [-0.2, 0) is 7.05 Å². The van der Waals surface area contributed by atoms with Crippen molar-refractivity contribution in [1.29, 1.82) is 0 Å². The Balaban J connectivity index is 3.60. The first-order valence-corrected chi connectivity index (χ1v) is 3.46. The number of nitrogens with zero attached hydrogens (tertiary/aromatic N) is 2. The molecule has 0 saturated heterocycles. The van der Waals surface area contributed by atoms with Crippen LogP contribution in [0.25, 0.3) is 12.2 Å². The average Bonchev–Trinajstić information content (AvgIpc) is 2.32. The fraction of sp³-hybridized carbons (Fsp3) is 0.222. The van der Waals surface area contributed by atoms with E-state index in [1.54, 1.807) is 12.4 Å². The standard InChI is InChI=1S/C9H12N2/c1-5-7(2)9-8(3)11(4)6-10-9/h5-6H,1,3H2,2,4H3/b9-7+. The van der Waals surface area contributed by atoms with E-state index in [-0.39, 0.29) is 0 Å². The van der Waals surface area contributed by atoms with Gasteiger partial charge in [0.15, 0.2) is 0 Å². The lowest BCUT2D eigenvalue weighted by Gasteiger charge is -1.86. The van der Waals surface area contributed by atoms with Gasteiger partial charge in [0.05, 0.1) is 17.0 Å². The second kappa shape index (κ2) is 2.74. The molecule has 0 N–H and O–H groups in total. The molecule has 0 spiro atoms. The number of aryl methyl sites for hydroxylation is 1. The molecule has 0 unspecified atom stereocenters. The minimum absolute atomic E-state index is 0.933. The number of aromatic nitrogens is 2. The van der Waals surface area contributed by atoms with Crippen LogP contribution in [0.4, 0.5) is 0 Å². The van der Waals surface area contributed by atoms with Crippen LogP contribution < -0.4 is 10.7 Å².